The Bertz CT molecular complexity index is 377. The van der Waals surface area contributed by atoms with Crippen molar-refractivity contribution in [2.45, 2.75) is 114 Å². The Hall–Kier alpha value is 0. The van der Waals surface area contributed by atoms with Crippen LogP contribution in [0.15, 0.2) is 0 Å². The summed E-state index contributed by atoms with van der Waals surface area (Å²) in [5.74, 6) is 3.42. The van der Waals surface area contributed by atoms with Gasteiger partial charge in [0.1, 0.15) is 0 Å². The summed E-state index contributed by atoms with van der Waals surface area (Å²) >= 11 is 0. The van der Waals surface area contributed by atoms with Crippen molar-refractivity contribution >= 4 is 0 Å². The standard InChI is InChI=1S/C24H48/c1-11-14-15-22(6,7)21-20(16-18(4)12-2)19(5)24(10,13-3)17-23(21,8)9/h18-21H,11-17H2,1-10H3. The third-order valence-electron chi connectivity index (χ3n) is 8.07. The average Bonchev–Trinajstić information content (AvgIpc) is 2.49. The van der Waals surface area contributed by atoms with Gasteiger partial charge in [-0.2, -0.15) is 0 Å². The lowest BCUT2D eigenvalue weighted by Gasteiger charge is -2.61. The highest BCUT2D eigenvalue weighted by atomic mass is 14.6. The first-order valence-electron chi connectivity index (χ1n) is 10.9. The van der Waals surface area contributed by atoms with Gasteiger partial charge in [-0.05, 0) is 59.2 Å². The fourth-order valence-electron chi connectivity index (χ4n) is 6.54. The van der Waals surface area contributed by atoms with E-state index in [4.69, 9.17) is 0 Å². The highest BCUT2D eigenvalue weighted by molar-refractivity contribution is 5.04. The van der Waals surface area contributed by atoms with E-state index >= 15 is 0 Å². The Balaban J connectivity index is 3.27. The zero-order valence-corrected chi connectivity index (χ0v) is 18.8. The first-order valence-corrected chi connectivity index (χ1v) is 10.9. The summed E-state index contributed by atoms with van der Waals surface area (Å²) in [5.41, 5.74) is 1.42. The summed E-state index contributed by atoms with van der Waals surface area (Å²) in [6.45, 7) is 25.1. The van der Waals surface area contributed by atoms with Gasteiger partial charge < -0.3 is 0 Å². The SMILES string of the molecule is CCCCC(C)(C)C1C(CC(C)CC)C(C)C(C)(CC)CC1(C)C. The molecule has 0 aromatic rings. The Morgan fingerprint density at radius 3 is 2.12 bits per heavy atom. The third-order valence-corrected chi connectivity index (χ3v) is 8.07. The van der Waals surface area contributed by atoms with Crippen LogP contribution in [0.5, 0.6) is 0 Å². The van der Waals surface area contributed by atoms with Gasteiger partial charge in [0.15, 0.2) is 0 Å². The molecular weight excluding hydrogens is 288 g/mol. The molecule has 1 aliphatic carbocycles. The molecule has 1 saturated carbocycles. The molecule has 0 spiro atoms. The smallest absolute Gasteiger partial charge is 0.0280 e. The molecule has 0 aliphatic heterocycles. The molecule has 1 aliphatic rings. The van der Waals surface area contributed by atoms with Crippen LogP contribution in [-0.4, -0.2) is 0 Å². The van der Waals surface area contributed by atoms with Gasteiger partial charge in [0.25, 0.3) is 0 Å². The zero-order chi connectivity index (χ0) is 18.8. The van der Waals surface area contributed by atoms with Gasteiger partial charge in [0, 0.05) is 0 Å². The number of rotatable bonds is 8. The van der Waals surface area contributed by atoms with Gasteiger partial charge in [-0.15, -0.1) is 0 Å². The molecule has 144 valence electrons. The van der Waals surface area contributed by atoms with E-state index < -0.39 is 0 Å². The van der Waals surface area contributed by atoms with Gasteiger partial charge in [-0.3, -0.25) is 0 Å². The van der Waals surface area contributed by atoms with Crippen molar-refractivity contribution in [1.29, 1.82) is 0 Å². The maximum atomic E-state index is 2.59. The molecule has 0 nitrogen and oxygen atoms in total. The van der Waals surface area contributed by atoms with Crippen molar-refractivity contribution in [1.82, 2.24) is 0 Å². The van der Waals surface area contributed by atoms with E-state index in [0.717, 1.165) is 23.7 Å². The van der Waals surface area contributed by atoms with E-state index in [1.807, 2.05) is 0 Å². The van der Waals surface area contributed by atoms with Crippen molar-refractivity contribution in [3.05, 3.63) is 0 Å². The molecular formula is C24H48. The second-order valence-electron chi connectivity index (χ2n) is 10.9. The molecule has 24 heavy (non-hydrogen) atoms. The minimum absolute atomic E-state index is 0.451. The normalized spacial score (nSPS) is 35.0. The Labute approximate surface area is 154 Å². The predicted molar refractivity (Wildman–Crippen MR) is 110 cm³/mol. The van der Waals surface area contributed by atoms with Gasteiger partial charge >= 0.3 is 0 Å². The van der Waals surface area contributed by atoms with Crippen LogP contribution in [0, 0.1) is 39.9 Å². The number of unbranched alkanes of at least 4 members (excludes halogenated alkanes) is 1. The van der Waals surface area contributed by atoms with Crippen molar-refractivity contribution in [3.63, 3.8) is 0 Å². The van der Waals surface area contributed by atoms with E-state index in [2.05, 4.69) is 69.2 Å². The molecule has 0 radical (unpaired) electrons. The first kappa shape index (κ1) is 22.0. The molecule has 1 fully saturated rings. The minimum atomic E-state index is 0.451. The van der Waals surface area contributed by atoms with Crippen LogP contribution in [0.4, 0.5) is 0 Å². The maximum absolute atomic E-state index is 2.59. The van der Waals surface area contributed by atoms with Crippen LogP contribution in [0.1, 0.15) is 114 Å². The molecule has 0 saturated heterocycles. The van der Waals surface area contributed by atoms with E-state index in [0.29, 0.717) is 16.2 Å². The molecule has 0 aromatic heterocycles. The van der Waals surface area contributed by atoms with Crippen molar-refractivity contribution in [3.8, 4) is 0 Å². The van der Waals surface area contributed by atoms with Crippen LogP contribution in [0.3, 0.4) is 0 Å². The van der Waals surface area contributed by atoms with E-state index in [1.54, 1.807) is 0 Å². The van der Waals surface area contributed by atoms with Crippen molar-refractivity contribution in [2.75, 3.05) is 0 Å². The largest absolute Gasteiger partial charge is 0.0654 e. The van der Waals surface area contributed by atoms with Crippen LogP contribution >= 0.6 is 0 Å². The molecule has 5 atom stereocenters. The summed E-state index contributed by atoms with van der Waals surface area (Å²) in [4.78, 5) is 0. The maximum Gasteiger partial charge on any atom is -0.0280 e. The Morgan fingerprint density at radius 1 is 1.08 bits per heavy atom. The van der Waals surface area contributed by atoms with Gasteiger partial charge in [-0.25, -0.2) is 0 Å². The molecule has 0 amide bonds. The minimum Gasteiger partial charge on any atom is -0.0654 e. The molecule has 0 aromatic carbocycles. The molecule has 0 heterocycles. The van der Waals surface area contributed by atoms with Gasteiger partial charge in [0.05, 0.1) is 0 Å². The topological polar surface area (TPSA) is 0 Å². The third kappa shape index (κ3) is 4.59. The molecule has 1 rings (SSSR count). The summed E-state index contributed by atoms with van der Waals surface area (Å²) in [6, 6.07) is 0. The van der Waals surface area contributed by atoms with Crippen molar-refractivity contribution < 1.29 is 0 Å². The zero-order valence-electron chi connectivity index (χ0n) is 18.8. The van der Waals surface area contributed by atoms with Gasteiger partial charge in [0.2, 0.25) is 0 Å². The summed E-state index contributed by atoms with van der Waals surface area (Å²) < 4.78 is 0. The van der Waals surface area contributed by atoms with Crippen LogP contribution in [-0.2, 0) is 0 Å². The highest BCUT2D eigenvalue weighted by Crippen LogP contribution is 2.63. The summed E-state index contributed by atoms with van der Waals surface area (Å²) in [7, 11) is 0. The first-order chi connectivity index (χ1) is 10.9. The lowest BCUT2D eigenvalue weighted by molar-refractivity contribution is -0.120. The van der Waals surface area contributed by atoms with Crippen LogP contribution in [0.2, 0.25) is 0 Å². The summed E-state index contributed by atoms with van der Waals surface area (Å²) in [5, 5.41) is 0. The predicted octanol–water partition coefficient (Wildman–Crippen LogP) is 8.35. The Morgan fingerprint density at radius 2 is 1.67 bits per heavy atom. The second-order valence-corrected chi connectivity index (χ2v) is 10.9. The monoisotopic (exact) mass is 336 g/mol. The quantitative estimate of drug-likeness (QED) is 0.417. The van der Waals surface area contributed by atoms with Crippen LogP contribution in [0.25, 0.3) is 0 Å². The fraction of sp³-hybridized carbons (Fsp3) is 1.00. The lowest BCUT2D eigenvalue weighted by atomic mass is 9.44. The fourth-order valence-corrected chi connectivity index (χ4v) is 6.54. The number of hydrogen-bond acceptors (Lipinski definition) is 0. The average molecular weight is 337 g/mol. The van der Waals surface area contributed by atoms with E-state index in [9.17, 15) is 0 Å². The summed E-state index contributed by atoms with van der Waals surface area (Å²) in [6.07, 6.45) is 9.59. The molecule has 5 unspecified atom stereocenters. The molecule has 0 N–H and O–H groups in total. The molecule has 0 heteroatoms. The van der Waals surface area contributed by atoms with Gasteiger partial charge in [-0.1, -0.05) is 94.9 Å². The lowest BCUT2D eigenvalue weighted by Crippen LogP contribution is -2.53. The molecule has 0 bridgehead atoms. The van der Waals surface area contributed by atoms with Crippen LogP contribution < -0.4 is 0 Å². The van der Waals surface area contributed by atoms with E-state index in [-0.39, 0.29) is 0 Å². The van der Waals surface area contributed by atoms with Crippen molar-refractivity contribution in [2.24, 2.45) is 39.9 Å². The number of hydrogen-bond donors (Lipinski definition) is 0. The van der Waals surface area contributed by atoms with E-state index in [1.165, 1.54) is 44.9 Å². The second kappa shape index (κ2) is 8.13. The Kier molecular flexibility index (Phi) is 7.47. The highest BCUT2D eigenvalue weighted by Gasteiger charge is 2.55.